The number of hydrogen-bond donors (Lipinski definition) is 1. The third-order valence-corrected chi connectivity index (χ3v) is 4.12. The van der Waals surface area contributed by atoms with Crippen molar-refractivity contribution in [2.75, 3.05) is 13.1 Å². The minimum Gasteiger partial charge on any atom is -0.508 e. The predicted octanol–water partition coefficient (Wildman–Crippen LogP) is 2.87. The fourth-order valence-corrected chi connectivity index (χ4v) is 3.00. The number of aromatic nitrogens is 2. The molecule has 0 unspecified atom stereocenters. The highest BCUT2D eigenvalue weighted by atomic mass is 16.3. The lowest BCUT2D eigenvalue weighted by molar-refractivity contribution is 0.203. The number of hydrogen-bond acceptors (Lipinski definition) is 4. The van der Waals surface area contributed by atoms with E-state index in [0.717, 1.165) is 38.3 Å². The zero-order valence-corrected chi connectivity index (χ0v) is 12.4. The van der Waals surface area contributed by atoms with E-state index in [9.17, 15) is 5.11 Å². The lowest BCUT2D eigenvalue weighted by Crippen LogP contribution is -2.32. The molecule has 0 saturated carbocycles. The van der Waals surface area contributed by atoms with Crippen LogP contribution in [0, 0.1) is 6.92 Å². The van der Waals surface area contributed by atoms with Gasteiger partial charge in [0, 0.05) is 24.4 Å². The summed E-state index contributed by atoms with van der Waals surface area (Å²) in [6.07, 6.45) is 4.13. The van der Waals surface area contributed by atoms with Gasteiger partial charge in [0.1, 0.15) is 11.6 Å². The number of benzene rings is 1. The molecule has 21 heavy (non-hydrogen) atoms. The molecular weight excluding hydrogens is 262 g/mol. The van der Waals surface area contributed by atoms with Gasteiger partial charge >= 0.3 is 0 Å². The lowest BCUT2D eigenvalue weighted by atomic mass is 9.93. The first-order chi connectivity index (χ1) is 10.2. The Labute approximate surface area is 125 Å². The molecule has 110 valence electrons. The van der Waals surface area contributed by atoms with Crippen molar-refractivity contribution in [3.63, 3.8) is 0 Å². The van der Waals surface area contributed by atoms with Crippen LogP contribution in [-0.2, 0) is 6.54 Å². The molecule has 1 aliphatic rings. The first-order valence-electron chi connectivity index (χ1n) is 7.50. The average molecular weight is 283 g/mol. The van der Waals surface area contributed by atoms with Gasteiger partial charge in [-0.05, 0) is 56.6 Å². The Balaban J connectivity index is 1.58. The van der Waals surface area contributed by atoms with E-state index in [0.29, 0.717) is 11.7 Å². The molecule has 1 aromatic heterocycles. The molecule has 1 saturated heterocycles. The van der Waals surface area contributed by atoms with E-state index in [1.54, 1.807) is 6.07 Å². The standard InChI is InChI=1S/C17H21N3O/c1-13-18-8-5-17(19-13)15-6-9-20(10-7-15)12-14-3-2-4-16(21)11-14/h2-5,8,11,15,21H,6-7,9-10,12H2,1H3. The highest BCUT2D eigenvalue weighted by Gasteiger charge is 2.21. The number of rotatable bonds is 3. The Morgan fingerprint density at radius 1 is 1.24 bits per heavy atom. The fraction of sp³-hybridized carbons (Fsp3) is 0.412. The van der Waals surface area contributed by atoms with Crippen molar-refractivity contribution in [1.82, 2.24) is 14.9 Å². The number of phenolic OH excluding ortho intramolecular Hbond substituents is 1. The highest BCUT2D eigenvalue weighted by Crippen LogP contribution is 2.27. The normalized spacial score (nSPS) is 17.0. The molecule has 0 aliphatic carbocycles. The monoisotopic (exact) mass is 283 g/mol. The first-order valence-corrected chi connectivity index (χ1v) is 7.50. The van der Waals surface area contributed by atoms with Crippen LogP contribution in [0.15, 0.2) is 36.5 Å². The summed E-state index contributed by atoms with van der Waals surface area (Å²) in [5, 5.41) is 9.53. The van der Waals surface area contributed by atoms with Crippen LogP contribution in [0.5, 0.6) is 5.75 Å². The summed E-state index contributed by atoms with van der Waals surface area (Å²) in [4.78, 5) is 11.2. The van der Waals surface area contributed by atoms with Gasteiger partial charge in [-0.2, -0.15) is 0 Å². The van der Waals surface area contributed by atoms with Crippen LogP contribution in [0.1, 0.15) is 35.8 Å². The summed E-state index contributed by atoms with van der Waals surface area (Å²) in [6, 6.07) is 9.58. The molecule has 4 heteroatoms. The second-order valence-corrected chi connectivity index (χ2v) is 5.75. The van der Waals surface area contributed by atoms with Crippen LogP contribution in [0.4, 0.5) is 0 Å². The molecule has 3 rings (SSSR count). The Hall–Kier alpha value is -1.94. The molecule has 4 nitrogen and oxygen atoms in total. The van der Waals surface area contributed by atoms with E-state index in [1.165, 1.54) is 11.3 Å². The van der Waals surface area contributed by atoms with Gasteiger partial charge in [-0.1, -0.05) is 12.1 Å². The van der Waals surface area contributed by atoms with Crippen molar-refractivity contribution >= 4 is 0 Å². The van der Waals surface area contributed by atoms with Gasteiger partial charge < -0.3 is 5.11 Å². The molecule has 0 bridgehead atoms. The van der Waals surface area contributed by atoms with Crippen molar-refractivity contribution < 1.29 is 5.11 Å². The quantitative estimate of drug-likeness (QED) is 0.941. The van der Waals surface area contributed by atoms with Crippen LogP contribution in [0.2, 0.25) is 0 Å². The van der Waals surface area contributed by atoms with E-state index in [2.05, 4.69) is 20.9 Å². The molecular formula is C17H21N3O. The predicted molar refractivity (Wildman–Crippen MR) is 82.1 cm³/mol. The Bertz CT molecular complexity index is 606. The minimum atomic E-state index is 0.346. The van der Waals surface area contributed by atoms with Crippen LogP contribution in [0.3, 0.4) is 0 Å². The largest absolute Gasteiger partial charge is 0.508 e. The molecule has 0 atom stereocenters. The minimum absolute atomic E-state index is 0.346. The molecule has 2 heterocycles. The molecule has 0 amide bonds. The SMILES string of the molecule is Cc1nccc(C2CCN(Cc3cccc(O)c3)CC2)n1. The maximum Gasteiger partial charge on any atom is 0.125 e. The summed E-state index contributed by atoms with van der Waals surface area (Å²) in [6.45, 7) is 5.00. The van der Waals surface area contributed by atoms with E-state index in [4.69, 9.17) is 0 Å². The average Bonchev–Trinajstić information content (AvgIpc) is 2.48. The van der Waals surface area contributed by atoms with Gasteiger partial charge in [0.05, 0.1) is 0 Å². The number of aryl methyl sites for hydroxylation is 1. The van der Waals surface area contributed by atoms with E-state index >= 15 is 0 Å². The second-order valence-electron chi connectivity index (χ2n) is 5.75. The molecule has 1 fully saturated rings. The summed E-state index contributed by atoms with van der Waals surface area (Å²) in [7, 11) is 0. The number of nitrogens with zero attached hydrogens (tertiary/aromatic N) is 3. The van der Waals surface area contributed by atoms with Gasteiger partial charge in [-0.15, -0.1) is 0 Å². The number of piperidine rings is 1. The van der Waals surface area contributed by atoms with Gasteiger partial charge in [0.2, 0.25) is 0 Å². The second kappa shape index (κ2) is 6.22. The zero-order chi connectivity index (χ0) is 14.7. The summed E-state index contributed by atoms with van der Waals surface area (Å²) in [5.41, 5.74) is 2.35. The van der Waals surface area contributed by atoms with E-state index in [-0.39, 0.29) is 0 Å². The topological polar surface area (TPSA) is 49.2 Å². The van der Waals surface area contributed by atoms with Crippen LogP contribution in [0.25, 0.3) is 0 Å². The summed E-state index contributed by atoms with van der Waals surface area (Å²) < 4.78 is 0. The highest BCUT2D eigenvalue weighted by molar-refractivity contribution is 5.27. The molecule has 2 aromatic rings. The van der Waals surface area contributed by atoms with Crippen molar-refractivity contribution in [2.24, 2.45) is 0 Å². The maximum absolute atomic E-state index is 9.53. The molecule has 1 aliphatic heterocycles. The summed E-state index contributed by atoms with van der Waals surface area (Å²) in [5.74, 6) is 1.75. The van der Waals surface area contributed by atoms with Gasteiger partial charge in [-0.3, -0.25) is 4.90 Å². The Morgan fingerprint density at radius 2 is 2.05 bits per heavy atom. The smallest absolute Gasteiger partial charge is 0.125 e. The van der Waals surface area contributed by atoms with Gasteiger partial charge in [0.15, 0.2) is 0 Å². The number of phenols is 1. The zero-order valence-electron chi connectivity index (χ0n) is 12.4. The van der Waals surface area contributed by atoms with Gasteiger partial charge in [0.25, 0.3) is 0 Å². The Kier molecular flexibility index (Phi) is 4.15. The van der Waals surface area contributed by atoms with Crippen molar-refractivity contribution in [2.45, 2.75) is 32.2 Å². The van der Waals surface area contributed by atoms with Crippen molar-refractivity contribution in [3.05, 3.63) is 53.6 Å². The molecule has 1 N–H and O–H groups in total. The third-order valence-electron chi connectivity index (χ3n) is 4.12. The number of aromatic hydroxyl groups is 1. The molecule has 0 spiro atoms. The van der Waals surface area contributed by atoms with Crippen LogP contribution in [-0.4, -0.2) is 33.1 Å². The molecule has 0 radical (unpaired) electrons. The van der Waals surface area contributed by atoms with Crippen LogP contribution < -0.4 is 0 Å². The molecule has 1 aromatic carbocycles. The van der Waals surface area contributed by atoms with Gasteiger partial charge in [-0.25, -0.2) is 9.97 Å². The van der Waals surface area contributed by atoms with E-state index < -0.39 is 0 Å². The summed E-state index contributed by atoms with van der Waals surface area (Å²) >= 11 is 0. The van der Waals surface area contributed by atoms with Crippen LogP contribution >= 0.6 is 0 Å². The van der Waals surface area contributed by atoms with Crippen molar-refractivity contribution in [3.8, 4) is 5.75 Å². The Morgan fingerprint density at radius 3 is 2.76 bits per heavy atom. The first kappa shape index (κ1) is 14.0. The fourth-order valence-electron chi connectivity index (χ4n) is 3.00. The maximum atomic E-state index is 9.53. The van der Waals surface area contributed by atoms with E-state index in [1.807, 2.05) is 31.3 Å². The lowest BCUT2D eigenvalue weighted by Gasteiger charge is -2.31. The number of likely N-dealkylation sites (tertiary alicyclic amines) is 1. The van der Waals surface area contributed by atoms with Crippen molar-refractivity contribution in [1.29, 1.82) is 0 Å². The third kappa shape index (κ3) is 3.58.